The van der Waals surface area contributed by atoms with Gasteiger partial charge in [0, 0.05) is 33.9 Å². The molecule has 0 fully saturated rings. The van der Waals surface area contributed by atoms with Crippen molar-refractivity contribution in [2.75, 3.05) is 12.5 Å². The van der Waals surface area contributed by atoms with Crippen LogP contribution < -0.4 is 10.2 Å². The summed E-state index contributed by atoms with van der Waals surface area (Å²) < 4.78 is 7.14. The Balaban J connectivity index is 1.50. The Morgan fingerprint density at radius 3 is 2.61 bits per heavy atom. The Morgan fingerprint density at radius 2 is 1.82 bits per heavy atom. The molecule has 0 bridgehead atoms. The third-order valence-electron chi connectivity index (χ3n) is 5.22. The van der Waals surface area contributed by atoms with Crippen molar-refractivity contribution in [2.24, 2.45) is 5.10 Å². The number of nitrogens with one attached hydrogen (secondary N) is 1. The van der Waals surface area contributed by atoms with Gasteiger partial charge in [-0.15, -0.1) is 0 Å². The van der Waals surface area contributed by atoms with E-state index in [2.05, 4.69) is 15.5 Å². The second-order valence-electron chi connectivity index (χ2n) is 7.33. The van der Waals surface area contributed by atoms with E-state index in [0.29, 0.717) is 5.02 Å². The Kier molecular flexibility index (Phi) is 5.74. The number of para-hydroxylation sites is 1. The van der Waals surface area contributed by atoms with E-state index in [1.807, 2.05) is 89.7 Å². The molecule has 0 saturated carbocycles. The molecule has 0 atom stereocenters. The summed E-state index contributed by atoms with van der Waals surface area (Å²) in [5.41, 5.74) is 8.41. The fourth-order valence-corrected chi connectivity index (χ4v) is 3.72. The highest BCUT2D eigenvalue weighted by Gasteiger charge is 2.11. The summed E-state index contributed by atoms with van der Waals surface area (Å²) in [7, 11) is 1.65. The van der Waals surface area contributed by atoms with E-state index in [9.17, 15) is 0 Å². The highest BCUT2D eigenvalue weighted by Crippen LogP contribution is 2.26. The Bertz CT molecular complexity index is 1430. The van der Waals surface area contributed by atoms with Gasteiger partial charge in [-0.25, -0.2) is 4.68 Å². The number of anilines is 1. The van der Waals surface area contributed by atoms with Crippen molar-refractivity contribution in [3.8, 4) is 22.7 Å². The zero-order chi connectivity index (χ0) is 22.6. The number of ether oxygens (including phenoxy) is 1. The molecule has 0 aliphatic rings. The largest absolute Gasteiger partial charge is 0.497 e. The predicted octanol–water partition coefficient (Wildman–Crippen LogP) is 6.20. The van der Waals surface area contributed by atoms with Gasteiger partial charge in [-0.3, -0.25) is 10.4 Å². The number of rotatable bonds is 6. The van der Waals surface area contributed by atoms with Gasteiger partial charge in [-0.05, 0) is 60.7 Å². The van der Waals surface area contributed by atoms with Crippen molar-refractivity contribution < 1.29 is 4.74 Å². The van der Waals surface area contributed by atoms with E-state index in [0.717, 1.165) is 44.8 Å². The summed E-state index contributed by atoms with van der Waals surface area (Å²) >= 11 is 6.10. The number of pyridine rings is 1. The second kappa shape index (κ2) is 9.14. The number of nitrogens with zero attached hydrogens (tertiary/aromatic N) is 4. The molecule has 2 aromatic heterocycles. The van der Waals surface area contributed by atoms with E-state index in [1.54, 1.807) is 19.5 Å². The third-order valence-corrected chi connectivity index (χ3v) is 5.46. The number of hydrogen-bond acceptors (Lipinski definition) is 5. The van der Waals surface area contributed by atoms with Crippen LogP contribution in [-0.4, -0.2) is 28.1 Å². The number of halogens is 1. The zero-order valence-electron chi connectivity index (χ0n) is 17.8. The van der Waals surface area contributed by atoms with Crippen LogP contribution in [0.15, 0.2) is 96.4 Å². The lowest BCUT2D eigenvalue weighted by atomic mass is 10.1. The topological polar surface area (TPSA) is 64.3 Å². The van der Waals surface area contributed by atoms with Crippen molar-refractivity contribution in [1.82, 2.24) is 14.8 Å². The van der Waals surface area contributed by atoms with Gasteiger partial charge in [0.15, 0.2) is 0 Å². The molecule has 0 amide bonds. The normalized spacial score (nSPS) is 11.2. The molecule has 0 unspecified atom stereocenters. The minimum atomic E-state index is 0.646. The summed E-state index contributed by atoms with van der Waals surface area (Å²) in [4.78, 5) is 4.37. The first-order valence-electron chi connectivity index (χ1n) is 10.3. The van der Waals surface area contributed by atoms with Crippen LogP contribution in [0.3, 0.4) is 0 Å². The van der Waals surface area contributed by atoms with Crippen molar-refractivity contribution >= 4 is 34.4 Å². The van der Waals surface area contributed by atoms with Gasteiger partial charge < -0.3 is 4.74 Å². The third kappa shape index (κ3) is 4.42. The summed E-state index contributed by atoms with van der Waals surface area (Å²) in [6.45, 7) is 0. The average Bonchev–Trinajstić information content (AvgIpc) is 3.29. The van der Waals surface area contributed by atoms with Gasteiger partial charge in [0.25, 0.3) is 0 Å². The van der Waals surface area contributed by atoms with Crippen LogP contribution >= 0.6 is 11.6 Å². The maximum absolute atomic E-state index is 6.10. The molecule has 0 radical (unpaired) electrons. The maximum atomic E-state index is 6.10. The van der Waals surface area contributed by atoms with Crippen LogP contribution in [0, 0.1) is 0 Å². The molecular weight excluding hydrogens is 434 g/mol. The number of benzene rings is 3. The van der Waals surface area contributed by atoms with Crippen LogP contribution in [0.5, 0.6) is 5.75 Å². The molecule has 1 N–H and O–H groups in total. The molecule has 0 spiro atoms. The van der Waals surface area contributed by atoms with Gasteiger partial charge >= 0.3 is 0 Å². The van der Waals surface area contributed by atoms with Crippen molar-refractivity contribution in [3.63, 3.8) is 0 Å². The molecule has 5 rings (SSSR count). The van der Waals surface area contributed by atoms with Gasteiger partial charge in [-0.2, -0.15) is 10.2 Å². The first kappa shape index (κ1) is 20.7. The van der Waals surface area contributed by atoms with Gasteiger partial charge in [0.2, 0.25) is 0 Å². The number of hydrazone groups is 1. The minimum Gasteiger partial charge on any atom is -0.497 e. The molecule has 0 aliphatic heterocycles. The predicted molar refractivity (Wildman–Crippen MR) is 134 cm³/mol. The van der Waals surface area contributed by atoms with E-state index >= 15 is 0 Å². The quantitative estimate of drug-likeness (QED) is 0.246. The average molecular weight is 454 g/mol. The second-order valence-corrected chi connectivity index (χ2v) is 7.77. The highest BCUT2D eigenvalue weighted by atomic mass is 35.5. The standard InChI is InChI=1S/C26H20ClN5O/c1-33-22-10-7-18(8-11-22)26-19(17-32(31-26)21-5-3-2-4-6-21)16-29-30-24-13-14-28-25-15-20(27)9-12-23(24)25/h2-17H,1H3,(H,28,30). The maximum Gasteiger partial charge on any atom is 0.118 e. The van der Waals surface area contributed by atoms with Gasteiger partial charge in [-0.1, -0.05) is 29.8 Å². The summed E-state index contributed by atoms with van der Waals surface area (Å²) in [6.07, 6.45) is 5.46. The molecule has 162 valence electrons. The summed E-state index contributed by atoms with van der Waals surface area (Å²) in [5, 5.41) is 10.9. The number of aromatic nitrogens is 3. The van der Waals surface area contributed by atoms with Crippen LogP contribution in [0.2, 0.25) is 5.02 Å². The van der Waals surface area contributed by atoms with E-state index in [1.165, 1.54) is 0 Å². The SMILES string of the molecule is COc1ccc(-c2nn(-c3ccccc3)cc2C=NNc2ccnc3cc(Cl)ccc23)cc1. The van der Waals surface area contributed by atoms with Crippen LogP contribution in [0.25, 0.3) is 27.8 Å². The minimum absolute atomic E-state index is 0.646. The number of fused-ring (bicyclic) bond motifs is 1. The number of hydrogen-bond donors (Lipinski definition) is 1. The van der Waals surface area contributed by atoms with Gasteiger partial charge in [0.1, 0.15) is 11.4 Å². The first-order valence-corrected chi connectivity index (χ1v) is 10.7. The van der Waals surface area contributed by atoms with E-state index in [-0.39, 0.29) is 0 Å². The molecule has 2 heterocycles. The highest BCUT2D eigenvalue weighted by molar-refractivity contribution is 6.31. The zero-order valence-corrected chi connectivity index (χ0v) is 18.6. The fourth-order valence-electron chi connectivity index (χ4n) is 3.56. The molecule has 0 saturated heterocycles. The van der Waals surface area contributed by atoms with Crippen LogP contribution in [0.4, 0.5) is 5.69 Å². The van der Waals surface area contributed by atoms with Crippen LogP contribution in [-0.2, 0) is 0 Å². The molecule has 7 heteroatoms. The van der Waals surface area contributed by atoms with Gasteiger partial charge in [0.05, 0.1) is 30.2 Å². The molecular formula is C26H20ClN5O. The van der Waals surface area contributed by atoms with Crippen molar-refractivity contribution in [3.05, 3.63) is 102 Å². The molecule has 33 heavy (non-hydrogen) atoms. The Labute approximate surface area is 196 Å². The molecule has 5 aromatic rings. The first-order chi connectivity index (χ1) is 16.2. The summed E-state index contributed by atoms with van der Waals surface area (Å²) in [5.74, 6) is 0.794. The van der Waals surface area contributed by atoms with Crippen LogP contribution in [0.1, 0.15) is 5.56 Å². The van der Waals surface area contributed by atoms with Crippen molar-refractivity contribution in [2.45, 2.75) is 0 Å². The summed E-state index contributed by atoms with van der Waals surface area (Å²) in [6, 6.07) is 25.3. The smallest absolute Gasteiger partial charge is 0.118 e. The lowest BCUT2D eigenvalue weighted by Gasteiger charge is -2.05. The lowest BCUT2D eigenvalue weighted by Crippen LogP contribution is -1.94. The molecule has 6 nitrogen and oxygen atoms in total. The monoisotopic (exact) mass is 453 g/mol. The number of methoxy groups -OCH3 is 1. The molecule has 0 aliphatic carbocycles. The Hall–Kier alpha value is -4.16. The fraction of sp³-hybridized carbons (Fsp3) is 0.0385. The lowest BCUT2D eigenvalue weighted by molar-refractivity contribution is 0.415. The van der Waals surface area contributed by atoms with E-state index < -0.39 is 0 Å². The Morgan fingerprint density at radius 1 is 1.00 bits per heavy atom. The molecule has 3 aromatic carbocycles. The van der Waals surface area contributed by atoms with Crippen molar-refractivity contribution in [1.29, 1.82) is 0 Å². The van der Waals surface area contributed by atoms with E-state index in [4.69, 9.17) is 21.4 Å².